The minimum absolute atomic E-state index is 0.0353. The molecule has 0 amide bonds. The summed E-state index contributed by atoms with van der Waals surface area (Å²) in [6.07, 6.45) is 12.0. The van der Waals surface area contributed by atoms with Gasteiger partial charge in [0.15, 0.2) is 0 Å². The summed E-state index contributed by atoms with van der Waals surface area (Å²) in [5, 5.41) is 10.9. The molecule has 0 saturated carbocycles. The lowest BCUT2D eigenvalue weighted by Gasteiger charge is -2.38. The Labute approximate surface area is 355 Å². The first-order chi connectivity index (χ1) is 28.2. The number of hydrazine groups is 1. The van der Waals surface area contributed by atoms with Crippen LogP contribution in [0.3, 0.4) is 0 Å². The van der Waals surface area contributed by atoms with Crippen LogP contribution in [0.15, 0.2) is 104 Å². The summed E-state index contributed by atoms with van der Waals surface area (Å²) >= 11 is 0. The Morgan fingerprint density at radius 1 is 1.10 bits per heavy atom. The lowest BCUT2D eigenvalue weighted by Crippen LogP contribution is -2.49. The third-order valence-corrected chi connectivity index (χ3v) is 12.7. The first-order valence-electron chi connectivity index (χ1n) is 22.0. The Hall–Kier alpha value is -4.63. The van der Waals surface area contributed by atoms with Crippen molar-refractivity contribution in [2.45, 2.75) is 105 Å². The van der Waals surface area contributed by atoms with E-state index in [0.717, 1.165) is 93.0 Å². The molecule has 0 aliphatic carbocycles. The van der Waals surface area contributed by atoms with Gasteiger partial charge in [-0.1, -0.05) is 83.3 Å². The molecule has 3 atom stereocenters. The maximum atomic E-state index is 6.36. The second-order valence-electron chi connectivity index (χ2n) is 18.3. The summed E-state index contributed by atoms with van der Waals surface area (Å²) in [6.45, 7) is 36.7. The maximum absolute atomic E-state index is 6.36. The van der Waals surface area contributed by atoms with Crippen molar-refractivity contribution in [2.75, 3.05) is 33.2 Å². The highest BCUT2D eigenvalue weighted by Crippen LogP contribution is 2.42. The first-order valence-corrected chi connectivity index (χ1v) is 22.0. The number of benzene rings is 2. The van der Waals surface area contributed by atoms with Crippen molar-refractivity contribution in [3.63, 3.8) is 0 Å². The molecule has 0 radical (unpaired) electrons. The predicted octanol–water partition coefficient (Wildman–Crippen LogP) is 9.51. The van der Waals surface area contributed by atoms with E-state index in [-0.39, 0.29) is 17.4 Å². The quantitative estimate of drug-likeness (QED) is 0.0493. The number of nitrogens with two attached hydrogens (primary N) is 1. The minimum atomic E-state index is -0.0353. The molecule has 2 fully saturated rings. The number of pyridine rings is 1. The zero-order chi connectivity index (χ0) is 42.4. The number of aromatic nitrogens is 2. The van der Waals surface area contributed by atoms with E-state index < -0.39 is 0 Å². The van der Waals surface area contributed by atoms with Crippen LogP contribution >= 0.6 is 0 Å². The van der Waals surface area contributed by atoms with E-state index in [0.29, 0.717) is 18.5 Å². The molecule has 3 unspecified atom stereocenters. The normalized spacial score (nSPS) is 16.6. The van der Waals surface area contributed by atoms with Crippen LogP contribution < -0.4 is 21.8 Å². The third kappa shape index (κ3) is 10.4. The number of hydrogen-bond acceptors (Lipinski definition) is 7. The number of rotatable bonds is 21. The van der Waals surface area contributed by atoms with E-state index in [1.54, 1.807) is 0 Å². The van der Waals surface area contributed by atoms with Gasteiger partial charge in [-0.15, -0.1) is 6.58 Å². The van der Waals surface area contributed by atoms with Crippen LogP contribution in [0, 0.1) is 24.2 Å². The van der Waals surface area contributed by atoms with Gasteiger partial charge in [0, 0.05) is 98.2 Å². The van der Waals surface area contributed by atoms with Crippen molar-refractivity contribution < 1.29 is 0 Å². The fourth-order valence-corrected chi connectivity index (χ4v) is 9.08. The molecule has 8 nitrogen and oxygen atoms in total. The van der Waals surface area contributed by atoms with E-state index in [1.165, 1.54) is 50.8 Å². The smallest absolute Gasteiger partial charge is 0.0707 e. The van der Waals surface area contributed by atoms with Crippen LogP contribution in [0.4, 0.5) is 0 Å². The summed E-state index contributed by atoms with van der Waals surface area (Å²) in [6, 6.07) is 16.6. The largest absolute Gasteiger partial charge is 0.380 e. The molecule has 0 spiro atoms. The standard InChI is InChI=1S/C51H72N8/c1-12-14-20-51(9,10)29-44-43-28-40(17-18-49(43)58(13-2)50(44)45-31-53-22-19-41(45)30-52)42-25-35(5)24-39(26-42)27-47(38(8)59-23-16-15-21-55-59)56-36(6)46(34(3)4)33-57(11)37(7)48-32-54-48/h12,17-19,22,24-26,28,31,34,46-48,54-56H,1,6-8,13-16,20-21,23,27,29-30,32-33,52H2,2-5,9-11H3. The Balaban J connectivity index is 1.38. The fraction of sp³-hybridized carbons (Fsp3) is 0.471. The van der Waals surface area contributed by atoms with Crippen molar-refractivity contribution >= 4 is 10.9 Å². The molecular weight excluding hydrogens is 725 g/mol. The second-order valence-corrected chi connectivity index (χ2v) is 18.3. The van der Waals surface area contributed by atoms with Crippen LogP contribution in [0.1, 0.15) is 82.6 Å². The number of aryl methyl sites for hydroxylation is 2. The van der Waals surface area contributed by atoms with Gasteiger partial charge in [-0.3, -0.25) is 4.98 Å². The summed E-state index contributed by atoms with van der Waals surface area (Å²) in [7, 11) is 2.16. The Morgan fingerprint density at radius 2 is 1.88 bits per heavy atom. The van der Waals surface area contributed by atoms with Crippen LogP contribution in [0.5, 0.6) is 0 Å². The number of fused-ring (bicyclic) bond motifs is 1. The van der Waals surface area contributed by atoms with E-state index in [2.05, 4.69) is 146 Å². The molecular formula is C51H72N8. The van der Waals surface area contributed by atoms with Crippen molar-refractivity contribution in [1.29, 1.82) is 0 Å². The van der Waals surface area contributed by atoms with Gasteiger partial charge in [-0.2, -0.15) is 0 Å². The summed E-state index contributed by atoms with van der Waals surface area (Å²) in [5.74, 6) is 0.643. The van der Waals surface area contributed by atoms with Crippen LogP contribution in [0.25, 0.3) is 33.3 Å². The minimum Gasteiger partial charge on any atom is -0.380 e. The molecule has 2 aliphatic rings. The van der Waals surface area contributed by atoms with Crippen molar-refractivity contribution in [1.82, 2.24) is 35.5 Å². The third-order valence-electron chi connectivity index (χ3n) is 12.7. The topological polar surface area (TPSA) is 96.3 Å². The number of allylic oxidation sites excluding steroid dienone is 1. The predicted molar refractivity (Wildman–Crippen MR) is 251 cm³/mol. The highest BCUT2D eigenvalue weighted by molar-refractivity contribution is 5.95. The summed E-state index contributed by atoms with van der Waals surface area (Å²) in [4.78, 5) is 6.91. The molecule has 2 aliphatic heterocycles. The Bertz CT molecular complexity index is 2130. The molecule has 0 bridgehead atoms. The van der Waals surface area contributed by atoms with Gasteiger partial charge in [0.25, 0.3) is 0 Å². The van der Waals surface area contributed by atoms with Gasteiger partial charge >= 0.3 is 0 Å². The second kappa shape index (κ2) is 19.2. The Kier molecular flexibility index (Phi) is 14.3. The monoisotopic (exact) mass is 797 g/mol. The average Bonchev–Trinajstić information content (AvgIpc) is 4.04. The fourth-order valence-electron chi connectivity index (χ4n) is 9.08. The number of nitrogens with one attached hydrogen (secondary N) is 3. The van der Waals surface area contributed by atoms with Gasteiger partial charge < -0.3 is 30.8 Å². The highest BCUT2D eigenvalue weighted by atomic mass is 15.5. The summed E-state index contributed by atoms with van der Waals surface area (Å²) in [5.41, 5.74) is 24.4. The number of hydrogen-bond donors (Lipinski definition) is 4. The van der Waals surface area contributed by atoms with Gasteiger partial charge in [0.1, 0.15) is 0 Å². The average molecular weight is 797 g/mol. The van der Waals surface area contributed by atoms with Crippen LogP contribution in [-0.4, -0.2) is 64.8 Å². The van der Waals surface area contributed by atoms with Crippen molar-refractivity contribution in [3.8, 4) is 22.4 Å². The van der Waals surface area contributed by atoms with Gasteiger partial charge in [0.2, 0.25) is 0 Å². The van der Waals surface area contributed by atoms with Gasteiger partial charge in [-0.25, -0.2) is 5.43 Å². The molecule has 2 aromatic heterocycles. The molecule has 59 heavy (non-hydrogen) atoms. The zero-order valence-electron chi connectivity index (χ0n) is 37.3. The zero-order valence-corrected chi connectivity index (χ0v) is 37.3. The number of nitrogens with zero attached hydrogens (tertiary/aromatic N) is 4. The highest BCUT2D eigenvalue weighted by Gasteiger charge is 2.31. The molecule has 4 heterocycles. The molecule has 2 saturated heterocycles. The molecule has 5 N–H and O–H groups in total. The van der Waals surface area contributed by atoms with Gasteiger partial charge in [0.05, 0.1) is 17.8 Å². The maximum Gasteiger partial charge on any atom is 0.0707 e. The van der Waals surface area contributed by atoms with Crippen molar-refractivity contribution in [3.05, 3.63) is 127 Å². The molecule has 4 aromatic rings. The molecule has 316 valence electrons. The Morgan fingerprint density at radius 3 is 2.54 bits per heavy atom. The lowest BCUT2D eigenvalue weighted by atomic mass is 9.80. The molecule has 2 aromatic carbocycles. The van der Waals surface area contributed by atoms with Crippen molar-refractivity contribution in [2.24, 2.45) is 23.0 Å². The van der Waals surface area contributed by atoms with Crippen LogP contribution in [-0.2, 0) is 25.9 Å². The molecule has 6 rings (SSSR count). The van der Waals surface area contributed by atoms with E-state index in [4.69, 9.17) is 12.3 Å². The van der Waals surface area contributed by atoms with E-state index in [1.807, 2.05) is 18.5 Å². The summed E-state index contributed by atoms with van der Waals surface area (Å²) < 4.78 is 2.47. The lowest BCUT2D eigenvalue weighted by molar-refractivity contribution is 0.186. The first kappa shape index (κ1) is 43.9. The van der Waals surface area contributed by atoms with Gasteiger partial charge in [-0.05, 0) is 110 Å². The van der Waals surface area contributed by atoms with E-state index >= 15 is 0 Å². The SMILES string of the molecule is C=CCCC(C)(C)Cc1c(-c2cnccc2CN)n(CC)c2ccc(-c3cc(C)cc(CC(NC(=C)C(CN(C)C(=C)C4CN4)C(C)C)C(=C)N4CCCCN4)c3)cc12. The van der Waals surface area contributed by atoms with E-state index in [9.17, 15) is 0 Å². The number of likely N-dealkylation sites (N-methyl/N-ethyl adjacent to an activating group) is 1. The van der Waals surface area contributed by atoms with Crippen LogP contribution in [0.2, 0.25) is 0 Å². The molecule has 8 heteroatoms.